The highest BCUT2D eigenvalue weighted by Crippen LogP contribution is 2.36. The molecule has 4 rings (SSSR count). The topological polar surface area (TPSA) is 55.4 Å². The minimum absolute atomic E-state index is 0.367. The van der Waals surface area contributed by atoms with Crippen LogP contribution in [0.4, 0.5) is 5.69 Å². The number of amides is 1. The van der Waals surface area contributed by atoms with Crippen molar-refractivity contribution in [2.24, 2.45) is 0 Å². The van der Waals surface area contributed by atoms with E-state index in [-0.39, 0.29) is 0 Å². The number of rotatable bonds is 6. The Kier molecular flexibility index (Phi) is 6.13. The molecule has 32 heavy (non-hydrogen) atoms. The van der Waals surface area contributed by atoms with Crippen LogP contribution >= 0.6 is 0 Å². The molecule has 1 N–H and O–H groups in total. The zero-order chi connectivity index (χ0) is 22.4. The summed E-state index contributed by atoms with van der Waals surface area (Å²) in [5, 5.41) is 2.95. The van der Waals surface area contributed by atoms with E-state index in [0.29, 0.717) is 22.4 Å². The SMILES string of the molecule is Cc1ccc(NC(=O)C(OC(=O)c2ccccc2)(c2ccccc2)c2ccccc2)cc1. The van der Waals surface area contributed by atoms with Gasteiger partial charge in [0.15, 0.2) is 0 Å². The molecule has 0 aromatic heterocycles. The van der Waals surface area contributed by atoms with Crippen LogP contribution in [0.25, 0.3) is 0 Å². The second kappa shape index (κ2) is 9.31. The molecule has 0 aliphatic carbocycles. The number of nitrogens with one attached hydrogen (secondary N) is 1. The number of carbonyl (C=O) groups excluding carboxylic acids is 2. The van der Waals surface area contributed by atoms with Gasteiger partial charge in [0.25, 0.3) is 5.91 Å². The Labute approximate surface area is 187 Å². The largest absolute Gasteiger partial charge is 0.435 e. The quantitative estimate of drug-likeness (QED) is 0.404. The van der Waals surface area contributed by atoms with E-state index < -0.39 is 17.5 Å². The van der Waals surface area contributed by atoms with Crippen LogP contribution < -0.4 is 5.32 Å². The van der Waals surface area contributed by atoms with E-state index in [0.717, 1.165) is 5.56 Å². The first-order valence-electron chi connectivity index (χ1n) is 10.4. The molecule has 4 aromatic carbocycles. The third kappa shape index (κ3) is 4.30. The van der Waals surface area contributed by atoms with Crippen molar-refractivity contribution < 1.29 is 14.3 Å². The molecule has 0 heterocycles. The summed E-state index contributed by atoms with van der Waals surface area (Å²) < 4.78 is 6.10. The van der Waals surface area contributed by atoms with Crippen molar-refractivity contribution in [2.45, 2.75) is 12.5 Å². The number of esters is 1. The molecule has 158 valence electrons. The maximum Gasteiger partial charge on any atom is 0.339 e. The van der Waals surface area contributed by atoms with Crippen LogP contribution in [0.3, 0.4) is 0 Å². The van der Waals surface area contributed by atoms with E-state index in [1.807, 2.05) is 73.7 Å². The van der Waals surface area contributed by atoms with E-state index in [1.165, 1.54) is 0 Å². The molecule has 0 fully saturated rings. The highest BCUT2D eigenvalue weighted by atomic mass is 16.6. The summed E-state index contributed by atoms with van der Waals surface area (Å²) in [7, 11) is 0. The predicted octanol–water partition coefficient (Wildman–Crippen LogP) is 5.73. The Balaban J connectivity index is 1.85. The van der Waals surface area contributed by atoms with Crippen molar-refractivity contribution in [2.75, 3.05) is 5.32 Å². The van der Waals surface area contributed by atoms with Crippen molar-refractivity contribution in [1.82, 2.24) is 0 Å². The molecule has 4 nitrogen and oxygen atoms in total. The molecular weight excluding hydrogens is 398 g/mol. The normalized spacial score (nSPS) is 10.9. The lowest BCUT2D eigenvalue weighted by Gasteiger charge is -2.33. The Bertz CT molecular complexity index is 1150. The van der Waals surface area contributed by atoms with Gasteiger partial charge in [-0.25, -0.2) is 4.79 Å². The maximum atomic E-state index is 13.9. The lowest BCUT2D eigenvalue weighted by molar-refractivity contribution is -0.132. The molecule has 0 radical (unpaired) electrons. The minimum Gasteiger partial charge on any atom is -0.435 e. The van der Waals surface area contributed by atoms with Crippen molar-refractivity contribution in [3.05, 3.63) is 138 Å². The molecule has 0 unspecified atom stereocenters. The number of carbonyl (C=O) groups is 2. The van der Waals surface area contributed by atoms with Crippen molar-refractivity contribution in [3.8, 4) is 0 Å². The fourth-order valence-corrected chi connectivity index (χ4v) is 3.57. The van der Waals surface area contributed by atoms with Gasteiger partial charge < -0.3 is 10.1 Å². The van der Waals surface area contributed by atoms with Gasteiger partial charge >= 0.3 is 5.97 Å². The lowest BCUT2D eigenvalue weighted by Crippen LogP contribution is -2.45. The van der Waals surface area contributed by atoms with Crippen LogP contribution in [-0.4, -0.2) is 11.9 Å². The van der Waals surface area contributed by atoms with Crippen molar-refractivity contribution >= 4 is 17.6 Å². The van der Waals surface area contributed by atoms with Gasteiger partial charge in [-0.1, -0.05) is 96.6 Å². The number of anilines is 1. The third-order valence-corrected chi connectivity index (χ3v) is 5.25. The van der Waals surface area contributed by atoms with Gasteiger partial charge in [0, 0.05) is 16.8 Å². The second-order valence-electron chi connectivity index (χ2n) is 7.49. The third-order valence-electron chi connectivity index (χ3n) is 5.25. The van der Waals surface area contributed by atoms with Crippen LogP contribution in [-0.2, 0) is 15.1 Å². The van der Waals surface area contributed by atoms with Crippen LogP contribution in [0.15, 0.2) is 115 Å². The Morgan fingerprint density at radius 3 is 1.62 bits per heavy atom. The summed E-state index contributed by atoms with van der Waals surface area (Å²) in [4.78, 5) is 27.1. The van der Waals surface area contributed by atoms with Crippen LogP contribution in [0.1, 0.15) is 27.0 Å². The smallest absolute Gasteiger partial charge is 0.339 e. The molecule has 4 heteroatoms. The fraction of sp³-hybridized carbons (Fsp3) is 0.0714. The number of ether oxygens (including phenoxy) is 1. The molecular formula is C28H23NO3. The first-order valence-corrected chi connectivity index (χ1v) is 10.4. The van der Waals surface area contributed by atoms with E-state index in [1.54, 1.807) is 48.5 Å². The van der Waals surface area contributed by atoms with Crippen LogP contribution in [0.2, 0.25) is 0 Å². The minimum atomic E-state index is -1.68. The lowest BCUT2D eigenvalue weighted by atomic mass is 9.84. The van der Waals surface area contributed by atoms with Gasteiger partial charge in [-0.2, -0.15) is 0 Å². The second-order valence-corrected chi connectivity index (χ2v) is 7.49. The first kappa shape index (κ1) is 21.1. The van der Waals surface area contributed by atoms with E-state index >= 15 is 0 Å². The molecule has 0 bridgehead atoms. The number of hydrogen-bond donors (Lipinski definition) is 1. The molecule has 0 atom stereocenters. The zero-order valence-electron chi connectivity index (χ0n) is 17.7. The average molecular weight is 421 g/mol. The Morgan fingerprint density at radius 2 is 1.12 bits per heavy atom. The number of aryl methyl sites for hydroxylation is 1. The standard InChI is InChI=1S/C28H23NO3/c1-21-17-19-25(20-18-21)29-27(31)28(23-13-7-3-8-14-23,24-15-9-4-10-16-24)32-26(30)22-11-5-2-6-12-22/h2-20H,1H3,(H,29,31). The van der Waals surface area contributed by atoms with Gasteiger partial charge in [-0.3, -0.25) is 4.79 Å². The predicted molar refractivity (Wildman–Crippen MR) is 125 cm³/mol. The summed E-state index contributed by atoms with van der Waals surface area (Å²) in [6, 6.07) is 34.3. The average Bonchev–Trinajstić information content (AvgIpc) is 2.85. The maximum absolute atomic E-state index is 13.9. The summed E-state index contributed by atoms with van der Waals surface area (Å²) in [5.74, 6) is -1.04. The van der Waals surface area contributed by atoms with Crippen LogP contribution in [0, 0.1) is 6.92 Å². The molecule has 0 aliphatic heterocycles. The molecule has 1 amide bonds. The Morgan fingerprint density at radius 1 is 0.656 bits per heavy atom. The van der Waals surface area contributed by atoms with E-state index in [9.17, 15) is 9.59 Å². The van der Waals surface area contributed by atoms with Gasteiger partial charge in [-0.05, 0) is 31.2 Å². The summed E-state index contributed by atoms with van der Waals surface area (Å²) >= 11 is 0. The monoisotopic (exact) mass is 421 g/mol. The molecule has 0 saturated carbocycles. The summed E-state index contributed by atoms with van der Waals surface area (Å²) in [5.41, 5.74) is 1.50. The number of hydrogen-bond acceptors (Lipinski definition) is 3. The molecule has 4 aromatic rings. The molecule has 0 saturated heterocycles. The highest BCUT2D eigenvalue weighted by Gasteiger charge is 2.46. The first-order chi connectivity index (χ1) is 15.6. The van der Waals surface area contributed by atoms with Gasteiger partial charge in [-0.15, -0.1) is 0 Å². The molecule has 0 spiro atoms. The highest BCUT2D eigenvalue weighted by molar-refractivity contribution is 6.03. The Hall–Kier alpha value is -4.18. The fourth-order valence-electron chi connectivity index (χ4n) is 3.57. The van der Waals surface area contributed by atoms with E-state index in [4.69, 9.17) is 4.74 Å². The van der Waals surface area contributed by atoms with Gasteiger partial charge in [0.05, 0.1) is 5.56 Å². The van der Waals surface area contributed by atoms with Crippen LogP contribution in [0.5, 0.6) is 0 Å². The summed E-state index contributed by atoms with van der Waals surface area (Å²) in [6.45, 7) is 1.98. The van der Waals surface area contributed by atoms with Gasteiger partial charge in [0.2, 0.25) is 5.60 Å². The zero-order valence-corrected chi connectivity index (χ0v) is 17.7. The van der Waals surface area contributed by atoms with Gasteiger partial charge in [0.1, 0.15) is 0 Å². The van der Waals surface area contributed by atoms with Crippen molar-refractivity contribution in [3.63, 3.8) is 0 Å². The van der Waals surface area contributed by atoms with E-state index in [2.05, 4.69) is 5.32 Å². The molecule has 0 aliphatic rings. The number of benzene rings is 4. The summed E-state index contributed by atoms with van der Waals surface area (Å²) in [6.07, 6.45) is 0. The van der Waals surface area contributed by atoms with Crippen molar-refractivity contribution in [1.29, 1.82) is 0 Å².